The molecular weight excluding hydrogens is 392 g/mol. The summed E-state index contributed by atoms with van der Waals surface area (Å²) in [7, 11) is 0. The standard InChI is InChI=1S/C25H30N2O4/c1-3-30-22-13-9-20(18-23(22)31-4-2)15-16-26-24(28)14-10-19-7-11-21(12-8-19)27-17-5-6-25(27)29/h7-14,18H,3-6,15-17H2,1-2H3,(H,26,28)/b14-10+. The first kappa shape index (κ1) is 22.4. The Morgan fingerprint density at radius 1 is 1.06 bits per heavy atom. The Balaban J connectivity index is 1.48. The molecule has 6 nitrogen and oxygen atoms in total. The Labute approximate surface area is 183 Å². The maximum absolute atomic E-state index is 12.1. The Morgan fingerprint density at radius 2 is 1.81 bits per heavy atom. The summed E-state index contributed by atoms with van der Waals surface area (Å²) in [6.07, 6.45) is 5.52. The Hall–Kier alpha value is -3.28. The lowest BCUT2D eigenvalue weighted by Crippen LogP contribution is -2.23. The first-order chi connectivity index (χ1) is 15.1. The van der Waals surface area contributed by atoms with Crippen molar-refractivity contribution < 1.29 is 19.1 Å². The molecule has 1 N–H and O–H groups in total. The predicted molar refractivity (Wildman–Crippen MR) is 123 cm³/mol. The zero-order valence-corrected chi connectivity index (χ0v) is 18.2. The van der Waals surface area contributed by atoms with Gasteiger partial charge in [0.2, 0.25) is 11.8 Å². The topological polar surface area (TPSA) is 67.9 Å². The quantitative estimate of drug-likeness (QED) is 0.588. The Kier molecular flexibility index (Phi) is 8.10. The normalized spacial score (nSPS) is 13.6. The number of benzene rings is 2. The molecule has 6 heteroatoms. The fourth-order valence-electron chi connectivity index (χ4n) is 3.50. The molecule has 2 aromatic rings. The molecular formula is C25H30N2O4. The van der Waals surface area contributed by atoms with Gasteiger partial charge in [-0.3, -0.25) is 9.59 Å². The highest BCUT2D eigenvalue weighted by Gasteiger charge is 2.21. The number of nitrogens with one attached hydrogen (secondary N) is 1. The van der Waals surface area contributed by atoms with Gasteiger partial charge in [0.05, 0.1) is 13.2 Å². The van der Waals surface area contributed by atoms with Crippen molar-refractivity contribution in [2.75, 3.05) is 31.2 Å². The lowest BCUT2D eigenvalue weighted by Gasteiger charge is -2.15. The van der Waals surface area contributed by atoms with E-state index in [2.05, 4.69) is 5.32 Å². The highest BCUT2D eigenvalue weighted by molar-refractivity contribution is 5.95. The van der Waals surface area contributed by atoms with Gasteiger partial charge in [-0.25, -0.2) is 0 Å². The highest BCUT2D eigenvalue weighted by atomic mass is 16.5. The van der Waals surface area contributed by atoms with Gasteiger partial charge in [0.15, 0.2) is 11.5 Å². The number of amides is 2. The molecule has 31 heavy (non-hydrogen) atoms. The number of carbonyl (C=O) groups is 2. The van der Waals surface area contributed by atoms with Gasteiger partial charge >= 0.3 is 0 Å². The van der Waals surface area contributed by atoms with Crippen LogP contribution in [0.4, 0.5) is 5.69 Å². The second-order valence-electron chi connectivity index (χ2n) is 7.26. The van der Waals surface area contributed by atoms with E-state index in [0.29, 0.717) is 32.6 Å². The summed E-state index contributed by atoms with van der Waals surface area (Å²) < 4.78 is 11.2. The zero-order valence-electron chi connectivity index (χ0n) is 18.2. The van der Waals surface area contributed by atoms with Crippen molar-refractivity contribution >= 4 is 23.6 Å². The Morgan fingerprint density at radius 3 is 2.48 bits per heavy atom. The van der Waals surface area contributed by atoms with E-state index in [1.807, 2.05) is 56.3 Å². The maximum atomic E-state index is 12.1. The van der Waals surface area contributed by atoms with Crippen molar-refractivity contribution in [3.05, 3.63) is 59.7 Å². The van der Waals surface area contributed by atoms with Crippen LogP contribution < -0.4 is 19.7 Å². The van der Waals surface area contributed by atoms with Crippen LogP contribution in [0.2, 0.25) is 0 Å². The molecule has 1 saturated heterocycles. The molecule has 2 aromatic carbocycles. The summed E-state index contributed by atoms with van der Waals surface area (Å²) in [5.41, 5.74) is 2.90. The molecule has 1 heterocycles. The molecule has 1 aliphatic heterocycles. The van der Waals surface area contributed by atoms with E-state index in [0.717, 1.165) is 41.3 Å². The van der Waals surface area contributed by atoms with Crippen molar-refractivity contribution in [1.82, 2.24) is 5.32 Å². The number of hydrogen-bond acceptors (Lipinski definition) is 4. The van der Waals surface area contributed by atoms with Gasteiger partial charge in [-0.05, 0) is 68.2 Å². The lowest BCUT2D eigenvalue weighted by atomic mass is 10.1. The maximum Gasteiger partial charge on any atom is 0.244 e. The molecule has 0 unspecified atom stereocenters. The largest absolute Gasteiger partial charge is 0.490 e. The van der Waals surface area contributed by atoms with Gasteiger partial charge in [0, 0.05) is 31.3 Å². The lowest BCUT2D eigenvalue weighted by molar-refractivity contribution is -0.117. The SMILES string of the molecule is CCOc1ccc(CCNC(=O)/C=C/c2ccc(N3CCCC3=O)cc2)cc1OCC. The van der Waals surface area contributed by atoms with E-state index >= 15 is 0 Å². The van der Waals surface area contributed by atoms with Gasteiger partial charge in [0.1, 0.15) is 0 Å². The van der Waals surface area contributed by atoms with E-state index in [4.69, 9.17) is 9.47 Å². The summed E-state index contributed by atoms with van der Waals surface area (Å²) in [5, 5.41) is 2.90. The molecule has 0 bridgehead atoms. The van der Waals surface area contributed by atoms with Crippen LogP contribution in [0.5, 0.6) is 11.5 Å². The van der Waals surface area contributed by atoms with Crippen LogP contribution in [-0.2, 0) is 16.0 Å². The summed E-state index contributed by atoms with van der Waals surface area (Å²) in [6.45, 7) is 6.33. The smallest absolute Gasteiger partial charge is 0.244 e. The zero-order chi connectivity index (χ0) is 22.1. The van der Waals surface area contributed by atoms with E-state index in [-0.39, 0.29) is 11.8 Å². The molecule has 0 aliphatic carbocycles. The van der Waals surface area contributed by atoms with Crippen LogP contribution in [0.1, 0.15) is 37.8 Å². The monoisotopic (exact) mass is 422 g/mol. The number of rotatable bonds is 10. The van der Waals surface area contributed by atoms with Crippen molar-refractivity contribution in [2.24, 2.45) is 0 Å². The summed E-state index contributed by atoms with van der Waals surface area (Å²) in [5.74, 6) is 1.49. The molecule has 2 amide bonds. The highest BCUT2D eigenvalue weighted by Crippen LogP contribution is 2.28. The number of anilines is 1. The molecule has 0 aromatic heterocycles. The molecule has 3 rings (SSSR count). The van der Waals surface area contributed by atoms with Gasteiger partial charge in [0.25, 0.3) is 0 Å². The molecule has 0 saturated carbocycles. The molecule has 0 radical (unpaired) electrons. The minimum Gasteiger partial charge on any atom is -0.490 e. The van der Waals surface area contributed by atoms with Crippen molar-refractivity contribution in [3.63, 3.8) is 0 Å². The van der Waals surface area contributed by atoms with Gasteiger partial charge < -0.3 is 19.7 Å². The van der Waals surface area contributed by atoms with Gasteiger partial charge in [-0.2, -0.15) is 0 Å². The first-order valence-electron chi connectivity index (χ1n) is 10.9. The van der Waals surface area contributed by atoms with E-state index in [9.17, 15) is 9.59 Å². The number of hydrogen-bond donors (Lipinski definition) is 1. The number of nitrogens with zero attached hydrogens (tertiary/aromatic N) is 1. The van der Waals surface area contributed by atoms with Crippen molar-refractivity contribution in [2.45, 2.75) is 33.1 Å². The van der Waals surface area contributed by atoms with E-state index in [1.54, 1.807) is 11.0 Å². The third-order valence-electron chi connectivity index (χ3n) is 5.03. The molecule has 0 atom stereocenters. The second kappa shape index (κ2) is 11.2. The van der Waals surface area contributed by atoms with Crippen LogP contribution >= 0.6 is 0 Å². The molecule has 1 fully saturated rings. The Bertz CT molecular complexity index is 922. The van der Waals surface area contributed by atoms with Crippen LogP contribution in [0.25, 0.3) is 6.08 Å². The van der Waals surface area contributed by atoms with Gasteiger partial charge in [-0.15, -0.1) is 0 Å². The third-order valence-corrected chi connectivity index (χ3v) is 5.03. The van der Waals surface area contributed by atoms with Crippen LogP contribution in [0, 0.1) is 0 Å². The fraction of sp³-hybridized carbons (Fsp3) is 0.360. The average Bonchev–Trinajstić information content (AvgIpc) is 3.20. The number of carbonyl (C=O) groups excluding carboxylic acids is 2. The minimum absolute atomic E-state index is 0.144. The predicted octanol–water partition coefficient (Wildman–Crippen LogP) is 3.98. The van der Waals surface area contributed by atoms with Crippen LogP contribution in [-0.4, -0.2) is 38.1 Å². The third kappa shape index (κ3) is 6.35. The van der Waals surface area contributed by atoms with E-state index < -0.39 is 0 Å². The number of ether oxygens (including phenoxy) is 2. The average molecular weight is 423 g/mol. The molecule has 0 spiro atoms. The minimum atomic E-state index is -0.144. The summed E-state index contributed by atoms with van der Waals surface area (Å²) in [6, 6.07) is 13.5. The second-order valence-corrected chi connectivity index (χ2v) is 7.26. The first-order valence-corrected chi connectivity index (χ1v) is 10.9. The van der Waals surface area contributed by atoms with Gasteiger partial charge in [-0.1, -0.05) is 18.2 Å². The van der Waals surface area contributed by atoms with E-state index in [1.165, 1.54) is 6.08 Å². The van der Waals surface area contributed by atoms with Crippen LogP contribution in [0.3, 0.4) is 0 Å². The molecule has 164 valence electrons. The summed E-state index contributed by atoms with van der Waals surface area (Å²) >= 11 is 0. The van der Waals surface area contributed by atoms with Crippen molar-refractivity contribution in [3.8, 4) is 11.5 Å². The molecule has 1 aliphatic rings. The van der Waals surface area contributed by atoms with Crippen LogP contribution in [0.15, 0.2) is 48.5 Å². The summed E-state index contributed by atoms with van der Waals surface area (Å²) in [4.78, 5) is 25.8. The fourth-order valence-corrected chi connectivity index (χ4v) is 3.50. The van der Waals surface area contributed by atoms with Crippen molar-refractivity contribution in [1.29, 1.82) is 0 Å².